The molecule has 0 radical (unpaired) electrons. The van der Waals surface area contributed by atoms with Crippen LogP contribution in [0.4, 0.5) is 0 Å². The first-order valence-electron chi connectivity index (χ1n) is 3.58. The minimum atomic E-state index is -0.791. The molecule has 66 valence electrons. The average Bonchev–Trinajstić information content (AvgIpc) is 2.32. The van der Waals surface area contributed by atoms with Gasteiger partial charge < -0.3 is 10.0 Å². The van der Waals surface area contributed by atoms with Gasteiger partial charge in [-0.25, -0.2) is 0 Å². The van der Waals surface area contributed by atoms with Crippen LogP contribution in [-0.2, 0) is 4.79 Å². The molecule has 0 saturated heterocycles. The lowest BCUT2D eigenvalue weighted by Gasteiger charge is -2.15. The van der Waals surface area contributed by atoms with Gasteiger partial charge in [-0.05, 0) is 6.92 Å². The van der Waals surface area contributed by atoms with Crippen LogP contribution in [0.25, 0.3) is 0 Å². The Kier molecular flexibility index (Phi) is 2.81. The second-order valence-corrected chi connectivity index (χ2v) is 3.51. The summed E-state index contributed by atoms with van der Waals surface area (Å²) in [6.07, 6.45) is 1.77. The summed E-state index contributed by atoms with van der Waals surface area (Å²) in [5.41, 5.74) is 1.01. The first kappa shape index (κ1) is 9.19. The molecule has 1 rings (SSSR count). The van der Waals surface area contributed by atoms with Gasteiger partial charge in [-0.1, -0.05) is 12.7 Å². The molecule has 1 N–H and O–H groups in total. The number of aliphatic carboxylic acids is 1. The molecule has 1 aliphatic heterocycles. The second kappa shape index (κ2) is 3.67. The van der Waals surface area contributed by atoms with Crippen molar-refractivity contribution in [3.05, 3.63) is 23.3 Å². The number of rotatable bonds is 3. The minimum Gasteiger partial charge on any atom is -0.480 e. The standard InChI is InChI=1S/C8H11NO2S/c1-3-7-6(2)9(5-12-7)4-8(10)11/h3H,1,4-5H2,2H3,(H,10,11). The number of carboxylic acids is 1. The molecule has 1 aliphatic rings. The highest BCUT2D eigenvalue weighted by Gasteiger charge is 2.19. The van der Waals surface area contributed by atoms with E-state index in [1.807, 2.05) is 11.8 Å². The number of carboxylic acid groups (broad SMARTS) is 1. The molecule has 12 heavy (non-hydrogen) atoms. The largest absolute Gasteiger partial charge is 0.480 e. The SMILES string of the molecule is C=CC1=C(C)N(CC(=O)O)CS1. The first-order valence-corrected chi connectivity index (χ1v) is 4.56. The van der Waals surface area contributed by atoms with Crippen molar-refractivity contribution in [2.24, 2.45) is 0 Å². The maximum atomic E-state index is 10.4. The smallest absolute Gasteiger partial charge is 0.323 e. The molecule has 0 aromatic heterocycles. The van der Waals surface area contributed by atoms with E-state index in [1.165, 1.54) is 0 Å². The molecular formula is C8H11NO2S. The Morgan fingerprint density at radius 2 is 2.58 bits per heavy atom. The predicted molar refractivity (Wildman–Crippen MR) is 49.7 cm³/mol. The predicted octanol–water partition coefficient (Wildman–Crippen LogP) is 1.49. The molecule has 0 aliphatic carbocycles. The number of thioether (sulfide) groups is 1. The molecule has 0 spiro atoms. The van der Waals surface area contributed by atoms with E-state index in [1.54, 1.807) is 17.8 Å². The average molecular weight is 185 g/mol. The third kappa shape index (κ3) is 1.82. The summed E-state index contributed by atoms with van der Waals surface area (Å²) in [6, 6.07) is 0. The molecule has 0 amide bonds. The van der Waals surface area contributed by atoms with Crippen LogP contribution in [0.15, 0.2) is 23.3 Å². The van der Waals surface area contributed by atoms with Gasteiger partial charge in [0.1, 0.15) is 6.54 Å². The van der Waals surface area contributed by atoms with Gasteiger partial charge in [-0.2, -0.15) is 0 Å². The maximum absolute atomic E-state index is 10.4. The second-order valence-electron chi connectivity index (χ2n) is 2.52. The van der Waals surface area contributed by atoms with Crippen LogP contribution in [0, 0.1) is 0 Å². The van der Waals surface area contributed by atoms with E-state index in [0.717, 1.165) is 16.5 Å². The molecule has 0 bridgehead atoms. The molecule has 0 aromatic rings. The fourth-order valence-electron chi connectivity index (χ4n) is 1.04. The van der Waals surface area contributed by atoms with Gasteiger partial charge in [0, 0.05) is 10.6 Å². The van der Waals surface area contributed by atoms with Crippen molar-refractivity contribution in [2.75, 3.05) is 12.4 Å². The van der Waals surface area contributed by atoms with Crippen molar-refractivity contribution in [3.63, 3.8) is 0 Å². The number of hydrogen-bond donors (Lipinski definition) is 1. The highest BCUT2D eigenvalue weighted by molar-refractivity contribution is 8.03. The van der Waals surface area contributed by atoms with Gasteiger partial charge in [0.2, 0.25) is 0 Å². The van der Waals surface area contributed by atoms with Crippen LogP contribution in [0.1, 0.15) is 6.92 Å². The number of allylic oxidation sites excluding steroid dienone is 2. The Balaban J connectivity index is 2.66. The summed E-state index contributed by atoms with van der Waals surface area (Å²) in [4.78, 5) is 13.3. The van der Waals surface area contributed by atoms with Crippen molar-refractivity contribution in [3.8, 4) is 0 Å². The summed E-state index contributed by atoms with van der Waals surface area (Å²) >= 11 is 1.62. The molecule has 3 nitrogen and oxygen atoms in total. The number of hydrogen-bond acceptors (Lipinski definition) is 3. The molecule has 0 unspecified atom stereocenters. The van der Waals surface area contributed by atoms with E-state index in [-0.39, 0.29) is 6.54 Å². The summed E-state index contributed by atoms with van der Waals surface area (Å²) in [5.74, 6) is -0.0697. The molecule has 0 aromatic carbocycles. The fourth-order valence-corrected chi connectivity index (χ4v) is 2.07. The van der Waals surface area contributed by atoms with Gasteiger partial charge in [0.25, 0.3) is 0 Å². The topological polar surface area (TPSA) is 40.5 Å². The van der Waals surface area contributed by atoms with Gasteiger partial charge in [-0.3, -0.25) is 4.79 Å². The zero-order chi connectivity index (χ0) is 9.14. The lowest BCUT2D eigenvalue weighted by Crippen LogP contribution is -2.25. The Morgan fingerprint density at radius 3 is 3.00 bits per heavy atom. The van der Waals surface area contributed by atoms with E-state index in [2.05, 4.69) is 6.58 Å². The molecule has 0 fully saturated rings. The van der Waals surface area contributed by atoms with E-state index < -0.39 is 5.97 Å². The zero-order valence-corrected chi connectivity index (χ0v) is 7.73. The Labute approximate surface area is 75.7 Å². The summed E-state index contributed by atoms with van der Waals surface area (Å²) in [6.45, 7) is 5.65. The van der Waals surface area contributed by atoms with E-state index in [9.17, 15) is 4.79 Å². The van der Waals surface area contributed by atoms with Crippen molar-refractivity contribution in [1.29, 1.82) is 0 Å². The Hall–Kier alpha value is -0.900. The third-order valence-corrected chi connectivity index (χ3v) is 2.93. The minimum absolute atomic E-state index is 0.0795. The summed E-state index contributed by atoms with van der Waals surface area (Å²) in [7, 11) is 0. The Morgan fingerprint density at radius 1 is 1.92 bits per heavy atom. The highest BCUT2D eigenvalue weighted by atomic mass is 32.2. The normalized spacial score (nSPS) is 16.9. The maximum Gasteiger partial charge on any atom is 0.323 e. The van der Waals surface area contributed by atoms with E-state index in [0.29, 0.717) is 0 Å². The molecule has 4 heteroatoms. The Bertz CT molecular complexity index is 247. The highest BCUT2D eigenvalue weighted by Crippen LogP contribution is 2.31. The van der Waals surface area contributed by atoms with E-state index in [4.69, 9.17) is 5.11 Å². The van der Waals surface area contributed by atoms with Crippen LogP contribution in [-0.4, -0.2) is 28.4 Å². The van der Waals surface area contributed by atoms with Crippen LogP contribution >= 0.6 is 11.8 Å². The fraction of sp³-hybridized carbons (Fsp3) is 0.375. The molecular weight excluding hydrogens is 174 g/mol. The third-order valence-electron chi connectivity index (χ3n) is 1.72. The van der Waals surface area contributed by atoms with Crippen LogP contribution in [0.5, 0.6) is 0 Å². The quantitative estimate of drug-likeness (QED) is 0.723. The van der Waals surface area contributed by atoms with Crippen LogP contribution < -0.4 is 0 Å². The number of carbonyl (C=O) groups is 1. The van der Waals surface area contributed by atoms with Crippen molar-refractivity contribution < 1.29 is 9.90 Å². The van der Waals surface area contributed by atoms with Gasteiger partial charge in [-0.15, -0.1) is 11.8 Å². The van der Waals surface area contributed by atoms with Gasteiger partial charge >= 0.3 is 5.97 Å². The van der Waals surface area contributed by atoms with Gasteiger partial charge in [0.05, 0.1) is 5.88 Å². The summed E-state index contributed by atoms with van der Waals surface area (Å²) < 4.78 is 0. The first-order chi connectivity index (χ1) is 5.65. The molecule has 0 atom stereocenters. The van der Waals surface area contributed by atoms with E-state index >= 15 is 0 Å². The van der Waals surface area contributed by atoms with Crippen molar-refractivity contribution in [2.45, 2.75) is 6.92 Å². The lowest BCUT2D eigenvalue weighted by atomic mass is 10.4. The molecule has 1 heterocycles. The number of nitrogens with zero attached hydrogens (tertiary/aromatic N) is 1. The van der Waals surface area contributed by atoms with Crippen LogP contribution in [0.3, 0.4) is 0 Å². The van der Waals surface area contributed by atoms with Crippen molar-refractivity contribution in [1.82, 2.24) is 4.90 Å². The molecule has 0 saturated carbocycles. The van der Waals surface area contributed by atoms with Crippen LogP contribution in [0.2, 0.25) is 0 Å². The lowest BCUT2D eigenvalue weighted by molar-refractivity contribution is -0.137. The monoisotopic (exact) mass is 185 g/mol. The van der Waals surface area contributed by atoms with Crippen molar-refractivity contribution >= 4 is 17.7 Å². The summed E-state index contributed by atoms with van der Waals surface area (Å²) in [5, 5.41) is 8.55. The van der Waals surface area contributed by atoms with Gasteiger partial charge in [0.15, 0.2) is 0 Å². The zero-order valence-electron chi connectivity index (χ0n) is 6.91.